The number of nitro groups is 1. The Hall–Kier alpha value is -1.86. The monoisotopic (exact) mass is 268 g/mol. The number of nitro benzene ring substituents is 1. The van der Waals surface area contributed by atoms with E-state index in [4.69, 9.17) is 5.84 Å². The molecule has 0 aliphatic heterocycles. The van der Waals surface area contributed by atoms with Gasteiger partial charge in [0.15, 0.2) is 0 Å². The number of likely N-dealkylation sites (N-methyl/N-ethyl adjacent to an activating group) is 1. The lowest BCUT2D eigenvalue weighted by molar-refractivity contribution is -0.383. The summed E-state index contributed by atoms with van der Waals surface area (Å²) in [5.74, 6) is 5.30. The van der Waals surface area contributed by atoms with Crippen LogP contribution in [-0.4, -0.2) is 28.7 Å². The van der Waals surface area contributed by atoms with Crippen molar-refractivity contribution in [3.8, 4) is 0 Å². The van der Waals surface area contributed by atoms with Gasteiger partial charge in [-0.3, -0.25) is 16.0 Å². The lowest BCUT2D eigenvalue weighted by Crippen LogP contribution is -2.39. The number of nitrogens with one attached hydrogen (secondary N) is 1. The third kappa shape index (κ3) is 3.80. The van der Waals surface area contributed by atoms with Gasteiger partial charge in [-0.1, -0.05) is 6.07 Å². The summed E-state index contributed by atoms with van der Waals surface area (Å²) in [6.45, 7) is 6.02. The fourth-order valence-corrected chi connectivity index (χ4v) is 1.93. The molecule has 0 heterocycles. The first-order chi connectivity index (χ1) is 8.80. The van der Waals surface area contributed by atoms with Crippen molar-refractivity contribution in [2.24, 2.45) is 5.84 Å². The van der Waals surface area contributed by atoms with E-state index in [1.807, 2.05) is 6.92 Å². The summed E-state index contributed by atoms with van der Waals surface area (Å²) in [6.07, 6.45) is 0. The van der Waals surface area contributed by atoms with Crippen LogP contribution >= 0.6 is 0 Å². The van der Waals surface area contributed by atoms with E-state index >= 15 is 0 Å². The largest absolute Gasteiger partial charge is 0.389 e. The fraction of sp³-hybridized carbons (Fsp3) is 0.500. The fourth-order valence-electron chi connectivity index (χ4n) is 1.93. The zero-order valence-corrected chi connectivity index (χ0v) is 11.4. The van der Waals surface area contributed by atoms with E-state index in [1.165, 1.54) is 0 Å². The van der Waals surface area contributed by atoms with Gasteiger partial charge < -0.3 is 15.4 Å². The number of nitrogens with zero attached hydrogens (tertiary/aromatic N) is 2. The number of hydrogen-bond donors (Lipinski definition) is 3. The highest BCUT2D eigenvalue weighted by molar-refractivity contribution is 5.76. The predicted octanol–water partition coefficient (Wildman–Crippen LogP) is 1.48. The Kier molecular flexibility index (Phi) is 4.68. The molecule has 106 valence electrons. The molecule has 4 N–H and O–H groups in total. The number of aliphatic hydroxyl groups is 1. The van der Waals surface area contributed by atoms with Crippen LogP contribution in [-0.2, 0) is 0 Å². The van der Waals surface area contributed by atoms with Crippen LogP contribution in [0.3, 0.4) is 0 Å². The van der Waals surface area contributed by atoms with E-state index < -0.39 is 10.5 Å². The molecule has 0 aromatic heterocycles. The average molecular weight is 268 g/mol. The number of anilines is 2. The van der Waals surface area contributed by atoms with Gasteiger partial charge in [0, 0.05) is 13.1 Å². The first-order valence-corrected chi connectivity index (χ1v) is 6.01. The molecule has 0 spiro atoms. The van der Waals surface area contributed by atoms with E-state index in [1.54, 1.807) is 36.9 Å². The molecule has 0 unspecified atom stereocenters. The molecule has 0 amide bonds. The summed E-state index contributed by atoms with van der Waals surface area (Å²) in [4.78, 5) is 12.5. The lowest BCUT2D eigenvalue weighted by atomic mass is 10.1. The van der Waals surface area contributed by atoms with Gasteiger partial charge in [-0.05, 0) is 32.9 Å². The van der Waals surface area contributed by atoms with Crippen molar-refractivity contribution in [2.75, 3.05) is 23.4 Å². The molecule has 7 heteroatoms. The Bertz CT molecular complexity index is 457. The molecule has 0 saturated carbocycles. The van der Waals surface area contributed by atoms with Gasteiger partial charge in [-0.2, -0.15) is 0 Å². The third-order valence-corrected chi connectivity index (χ3v) is 2.65. The Labute approximate surface area is 112 Å². The number of nitrogens with two attached hydrogens (primary N) is 1. The molecule has 0 radical (unpaired) electrons. The second-order valence-electron chi connectivity index (χ2n) is 4.90. The van der Waals surface area contributed by atoms with Crippen molar-refractivity contribution in [3.05, 3.63) is 28.3 Å². The van der Waals surface area contributed by atoms with E-state index in [-0.39, 0.29) is 11.4 Å². The number of benzene rings is 1. The smallest absolute Gasteiger partial charge is 0.316 e. The standard InChI is InChI=1S/C12H20N4O3/c1-4-15(8-12(2,3)17)10-7-5-6-9(14-13)11(10)16(18)19/h5-7,14,17H,4,8,13H2,1-3H3. The van der Waals surface area contributed by atoms with E-state index in [2.05, 4.69) is 5.43 Å². The SMILES string of the molecule is CCN(CC(C)(C)O)c1cccc(NN)c1[N+](=O)[O-]. The van der Waals surface area contributed by atoms with Crippen molar-refractivity contribution in [1.82, 2.24) is 0 Å². The van der Waals surface area contributed by atoms with E-state index in [9.17, 15) is 15.2 Å². The zero-order valence-electron chi connectivity index (χ0n) is 11.4. The molecule has 0 fully saturated rings. The Morgan fingerprint density at radius 3 is 2.58 bits per heavy atom. The van der Waals surface area contributed by atoms with E-state index in [0.29, 0.717) is 18.8 Å². The first-order valence-electron chi connectivity index (χ1n) is 6.01. The minimum Gasteiger partial charge on any atom is -0.389 e. The van der Waals surface area contributed by atoms with Crippen molar-refractivity contribution >= 4 is 17.1 Å². The maximum Gasteiger partial charge on any atom is 0.316 e. The van der Waals surface area contributed by atoms with Crippen LogP contribution in [0.15, 0.2) is 18.2 Å². The number of nitrogen functional groups attached to an aromatic ring is 1. The maximum atomic E-state index is 11.2. The van der Waals surface area contributed by atoms with Crippen LogP contribution in [0.25, 0.3) is 0 Å². The van der Waals surface area contributed by atoms with Crippen molar-refractivity contribution in [3.63, 3.8) is 0 Å². The molecule has 0 bridgehead atoms. The van der Waals surface area contributed by atoms with Gasteiger partial charge in [-0.15, -0.1) is 0 Å². The number of para-hydroxylation sites is 1. The van der Waals surface area contributed by atoms with Gasteiger partial charge in [0.1, 0.15) is 11.4 Å². The van der Waals surface area contributed by atoms with Crippen LogP contribution in [0.1, 0.15) is 20.8 Å². The second-order valence-corrected chi connectivity index (χ2v) is 4.90. The van der Waals surface area contributed by atoms with Gasteiger partial charge in [0.05, 0.1) is 10.5 Å². The molecule has 0 saturated heterocycles. The summed E-state index contributed by atoms with van der Waals surface area (Å²) in [5, 5.41) is 21.1. The first kappa shape index (κ1) is 15.2. The van der Waals surface area contributed by atoms with Crippen molar-refractivity contribution in [1.29, 1.82) is 0 Å². The van der Waals surface area contributed by atoms with Crippen molar-refractivity contribution in [2.45, 2.75) is 26.4 Å². The van der Waals surface area contributed by atoms with Crippen LogP contribution in [0.2, 0.25) is 0 Å². The van der Waals surface area contributed by atoms with Crippen LogP contribution < -0.4 is 16.2 Å². The molecular formula is C12H20N4O3. The Morgan fingerprint density at radius 1 is 1.53 bits per heavy atom. The average Bonchev–Trinajstić information content (AvgIpc) is 2.33. The summed E-state index contributed by atoms with van der Waals surface area (Å²) < 4.78 is 0. The number of rotatable bonds is 6. The van der Waals surface area contributed by atoms with Crippen LogP contribution in [0.5, 0.6) is 0 Å². The van der Waals surface area contributed by atoms with Crippen LogP contribution in [0.4, 0.5) is 17.1 Å². The van der Waals surface area contributed by atoms with Gasteiger partial charge in [-0.25, -0.2) is 0 Å². The molecule has 1 rings (SSSR count). The minimum absolute atomic E-state index is 0.0869. The molecule has 0 aliphatic carbocycles. The summed E-state index contributed by atoms with van der Waals surface area (Å²) >= 11 is 0. The molecule has 1 aromatic rings. The van der Waals surface area contributed by atoms with Crippen LogP contribution in [0, 0.1) is 10.1 Å². The quantitative estimate of drug-likeness (QED) is 0.410. The van der Waals surface area contributed by atoms with E-state index in [0.717, 1.165) is 0 Å². The van der Waals surface area contributed by atoms with Crippen molar-refractivity contribution < 1.29 is 10.0 Å². The Balaban J connectivity index is 3.27. The highest BCUT2D eigenvalue weighted by Gasteiger charge is 2.26. The summed E-state index contributed by atoms with van der Waals surface area (Å²) in [6, 6.07) is 4.87. The molecule has 0 atom stereocenters. The molecular weight excluding hydrogens is 248 g/mol. The number of hydrazine groups is 1. The third-order valence-electron chi connectivity index (χ3n) is 2.65. The summed E-state index contributed by atoms with van der Waals surface area (Å²) in [7, 11) is 0. The highest BCUT2D eigenvalue weighted by Crippen LogP contribution is 2.35. The summed E-state index contributed by atoms with van der Waals surface area (Å²) in [5.41, 5.74) is 1.98. The lowest BCUT2D eigenvalue weighted by Gasteiger charge is -2.29. The zero-order chi connectivity index (χ0) is 14.6. The topological polar surface area (TPSA) is 105 Å². The maximum absolute atomic E-state index is 11.2. The molecule has 1 aromatic carbocycles. The van der Waals surface area contributed by atoms with Gasteiger partial charge in [0.25, 0.3) is 0 Å². The molecule has 0 aliphatic rings. The van der Waals surface area contributed by atoms with Gasteiger partial charge >= 0.3 is 5.69 Å². The van der Waals surface area contributed by atoms with Gasteiger partial charge in [0.2, 0.25) is 0 Å². The Morgan fingerprint density at radius 2 is 2.16 bits per heavy atom. The molecule has 19 heavy (non-hydrogen) atoms. The highest BCUT2D eigenvalue weighted by atomic mass is 16.6. The minimum atomic E-state index is -0.948. The predicted molar refractivity (Wildman–Crippen MR) is 75.1 cm³/mol. The second kappa shape index (κ2) is 5.85. The number of hydrogen-bond acceptors (Lipinski definition) is 6. The normalized spacial score (nSPS) is 11.2. The molecule has 7 nitrogen and oxygen atoms in total.